The number of carbonyl (C=O) groups excluding carboxylic acids is 1. The van der Waals surface area contributed by atoms with Crippen LogP contribution in [0.2, 0.25) is 5.02 Å². The third kappa shape index (κ3) is 3.06. The highest BCUT2D eigenvalue weighted by molar-refractivity contribution is 7.92. The average Bonchev–Trinajstić information content (AvgIpc) is 3.56. The van der Waals surface area contributed by atoms with Crippen LogP contribution in [0.4, 0.5) is 5.95 Å². The first-order valence-corrected chi connectivity index (χ1v) is 11.1. The lowest BCUT2D eigenvalue weighted by Gasteiger charge is -2.09. The van der Waals surface area contributed by atoms with Gasteiger partial charge in [-0.1, -0.05) is 23.7 Å². The van der Waals surface area contributed by atoms with Crippen molar-refractivity contribution in [1.29, 1.82) is 0 Å². The van der Waals surface area contributed by atoms with E-state index >= 15 is 0 Å². The van der Waals surface area contributed by atoms with Crippen LogP contribution in [0.1, 0.15) is 25.7 Å². The summed E-state index contributed by atoms with van der Waals surface area (Å²) in [5.41, 5.74) is 1.87. The molecule has 1 N–H and O–H groups in total. The molecule has 1 aromatic carbocycles. The van der Waals surface area contributed by atoms with E-state index in [0.717, 1.165) is 12.8 Å². The second kappa shape index (κ2) is 6.28. The predicted octanol–water partition coefficient (Wildman–Crippen LogP) is 3.33. The number of fused-ring (bicyclic) bond motifs is 1. The minimum atomic E-state index is -3.31. The van der Waals surface area contributed by atoms with E-state index in [1.807, 2.05) is 12.1 Å². The summed E-state index contributed by atoms with van der Waals surface area (Å²) in [7, 11) is -3.31. The molecule has 7 nitrogen and oxygen atoms in total. The summed E-state index contributed by atoms with van der Waals surface area (Å²) in [6.07, 6.45) is 3.21. The standard InChI is InChI=1S/C19H17ClN4O3S/c20-15-10-13(28(26,27)12-6-7-12)8-9-14(15)16-2-1-3-17-21-19(23-24(16)17)22-18(25)11-4-5-11/h1-3,8-12H,4-7H2,(H,22,23,25). The Morgan fingerprint density at radius 1 is 1.14 bits per heavy atom. The minimum Gasteiger partial charge on any atom is -0.293 e. The Morgan fingerprint density at radius 2 is 1.93 bits per heavy atom. The molecule has 0 atom stereocenters. The van der Waals surface area contributed by atoms with Gasteiger partial charge < -0.3 is 0 Å². The maximum atomic E-state index is 12.4. The molecule has 2 saturated carbocycles. The smallest absolute Gasteiger partial charge is 0.249 e. The first-order valence-electron chi connectivity index (χ1n) is 9.14. The molecule has 2 aromatic heterocycles. The molecule has 144 valence electrons. The van der Waals surface area contributed by atoms with Crippen molar-refractivity contribution in [2.45, 2.75) is 35.8 Å². The van der Waals surface area contributed by atoms with Crippen LogP contribution < -0.4 is 5.32 Å². The van der Waals surface area contributed by atoms with E-state index in [4.69, 9.17) is 11.6 Å². The van der Waals surface area contributed by atoms with E-state index in [9.17, 15) is 13.2 Å². The minimum absolute atomic E-state index is 0.0569. The monoisotopic (exact) mass is 416 g/mol. The Labute approximate surface area is 166 Å². The third-order valence-corrected chi connectivity index (χ3v) is 7.62. The lowest BCUT2D eigenvalue weighted by Crippen LogP contribution is -2.14. The number of amides is 1. The third-order valence-electron chi connectivity index (χ3n) is 5.05. The Balaban J connectivity index is 1.53. The van der Waals surface area contributed by atoms with Crippen LogP contribution in [0.15, 0.2) is 41.3 Å². The van der Waals surface area contributed by atoms with Gasteiger partial charge in [0.1, 0.15) is 0 Å². The van der Waals surface area contributed by atoms with Crippen molar-refractivity contribution in [1.82, 2.24) is 14.6 Å². The van der Waals surface area contributed by atoms with Gasteiger partial charge >= 0.3 is 0 Å². The Morgan fingerprint density at radius 3 is 2.61 bits per heavy atom. The number of aromatic nitrogens is 3. The fourth-order valence-corrected chi connectivity index (χ4v) is 5.19. The zero-order chi connectivity index (χ0) is 19.5. The first-order chi connectivity index (χ1) is 13.4. The van der Waals surface area contributed by atoms with E-state index in [0.29, 0.717) is 34.8 Å². The van der Waals surface area contributed by atoms with Crippen molar-refractivity contribution in [3.05, 3.63) is 41.4 Å². The van der Waals surface area contributed by atoms with E-state index in [-0.39, 0.29) is 27.9 Å². The number of anilines is 1. The molecule has 2 aliphatic rings. The quantitative estimate of drug-likeness (QED) is 0.688. The molecule has 0 bridgehead atoms. The highest BCUT2D eigenvalue weighted by Crippen LogP contribution is 2.37. The van der Waals surface area contributed by atoms with Gasteiger partial charge in [-0.25, -0.2) is 12.9 Å². The molecule has 2 heterocycles. The maximum absolute atomic E-state index is 12.4. The number of sulfone groups is 1. The number of hydrogen-bond donors (Lipinski definition) is 1. The summed E-state index contributed by atoms with van der Waals surface area (Å²) in [6.45, 7) is 0. The Hall–Kier alpha value is -2.45. The van der Waals surface area contributed by atoms with Crippen molar-refractivity contribution in [2.24, 2.45) is 5.92 Å². The van der Waals surface area contributed by atoms with E-state index < -0.39 is 9.84 Å². The molecule has 0 unspecified atom stereocenters. The number of carbonyl (C=O) groups is 1. The molecule has 0 saturated heterocycles. The average molecular weight is 417 g/mol. The molecule has 0 spiro atoms. The number of nitrogens with zero attached hydrogens (tertiary/aromatic N) is 3. The molecule has 1 amide bonds. The van der Waals surface area contributed by atoms with Crippen LogP contribution >= 0.6 is 11.6 Å². The molecule has 0 radical (unpaired) electrons. The van der Waals surface area contributed by atoms with Gasteiger partial charge in [-0.05, 0) is 49.9 Å². The van der Waals surface area contributed by atoms with Crippen molar-refractivity contribution in [2.75, 3.05) is 5.32 Å². The summed E-state index contributed by atoms with van der Waals surface area (Å²) in [4.78, 5) is 16.6. The molecule has 0 aliphatic heterocycles. The van der Waals surface area contributed by atoms with Gasteiger partial charge in [0.05, 0.1) is 20.9 Å². The fraction of sp³-hybridized carbons (Fsp3) is 0.316. The van der Waals surface area contributed by atoms with Gasteiger partial charge in [-0.15, -0.1) is 5.10 Å². The second-order valence-corrected chi connectivity index (χ2v) is 9.90. The van der Waals surface area contributed by atoms with Crippen molar-refractivity contribution >= 4 is 38.9 Å². The first kappa shape index (κ1) is 17.6. The zero-order valence-electron chi connectivity index (χ0n) is 14.8. The highest BCUT2D eigenvalue weighted by Gasteiger charge is 2.37. The van der Waals surface area contributed by atoms with Crippen LogP contribution in [-0.4, -0.2) is 34.2 Å². The number of nitrogens with one attached hydrogen (secondary N) is 1. The number of hydrogen-bond acceptors (Lipinski definition) is 5. The van der Waals surface area contributed by atoms with Gasteiger partial charge in [0.15, 0.2) is 15.5 Å². The highest BCUT2D eigenvalue weighted by atomic mass is 35.5. The summed E-state index contributed by atoms with van der Waals surface area (Å²) < 4.78 is 26.5. The molecule has 5 rings (SSSR count). The fourth-order valence-electron chi connectivity index (χ4n) is 3.17. The maximum Gasteiger partial charge on any atom is 0.249 e. The van der Waals surface area contributed by atoms with Gasteiger partial charge in [0, 0.05) is 11.5 Å². The largest absolute Gasteiger partial charge is 0.293 e. The topological polar surface area (TPSA) is 93.4 Å². The van der Waals surface area contributed by atoms with Gasteiger partial charge in [-0.2, -0.15) is 4.98 Å². The summed E-state index contributed by atoms with van der Waals surface area (Å²) in [5, 5.41) is 7.17. The summed E-state index contributed by atoms with van der Waals surface area (Å²) in [6, 6.07) is 10.2. The summed E-state index contributed by atoms with van der Waals surface area (Å²) in [5.74, 6) is 0.236. The molecule has 28 heavy (non-hydrogen) atoms. The second-order valence-electron chi connectivity index (χ2n) is 7.27. The van der Waals surface area contributed by atoms with Crippen molar-refractivity contribution in [3.8, 4) is 11.3 Å². The normalized spacial score (nSPS) is 17.0. The summed E-state index contributed by atoms with van der Waals surface area (Å²) >= 11 is 6.44. The number of rotatable bonds is 5. The van der Waals surface area contributed by atoms with Crippen LogP contribution in [-0.2, 0) is 14.6 Å². The Kier molecular flexibility index (Phi) is 3.96. The number of pyridine rings is 1. The number of benzene rings is 1. The Bertz CT molecular complexity index is 1210. The van der Waals surface area contributed by atoms with E-state index in [2.05, 4.69) is 15.4 Å². The van der Waals surface area contributed by atoms with Crippen LogP contribution in [0, 0.1) is 5.92 Å². The molecule has 2 aliphatic carbocycles. The van der Waals surface area contributed by atoms with Gasteiger partial charge in [0.25, 0.3) is 0 Å². The van der Waals surface area contributed by atoms with Crippen molar-refractivity contribution < 1.29 is 13.2 Å². The lowest BCUT2D eigenvalue weighted by atomic mass is 10.1. The van der Waals surface area contributed by atoms with Gasteiger partial charge in [-0.3, -0.25) is 10.1 Å². The SMILES string of the molecule is O=C(Nc1nc2cccc(-c3ccc(S(=O)(=O)C4CC4)cc3Cl)n2n1)C1CC1. The molecule has 2 fully saturated rings. The molecular weight excluding hydrogens is 400 g/mol. The molecular formula is C19H17ClN4O3S. The van der Waals surface area contributed by atoms with E-state index in [1.165, 1.54) is 6.07 Å². The van der Waals surface area contributed by atoms with Crippen LogP contribution in [0.3, 0.4) is 0 Å². The van der Waals surface area contributed by atoms with Gasteiger partial charge in [0.2, 0.25) is 11.9 Å². The molecule has 9 heteroatoms. The predicted molar refractivity (Wildman–Crippen MR) is 105 cm³/mol. The zero-order valence-corrected chi connectivity index (χ0v) is 16.4. The number of halogens is 1. The van der Waals surface area contributed by atoms with E-state index in [1.54, 1.807) is 22.7 Å². The van der Waals surface area contributed by atoms with Crippen LogP contribution in [0.25, 0.3) is 16.9 Å². The van der Waals surface area contributed by atoms with Crippen molar-refractivity contribution in [3.63, 3.8) is 0 Å². The lowest BCUT2D eigenvalue weighted by molar-refractivity contribution is -0.117. The molecule has 3 aromatic rings. The van der Waals surface area contributed by atoms with Crippen LogP contribution in [0.5, 0.6) is 0 Å².